The summed E-state index contributed by atoms with van der Waals surface area (Å²) in [5, 5.41) is 10.1. The predicted molar refractivity (Wildman–Crippen MR) is 61.9 cm³/mol. The van der Waals surface area contributed by atoms with Crippen LogP contribution in [0.25, 0.3) is 10.9 Å². The van der Waals surface area contributed by atoms with E-state index >= 15 is 0 Å². The quantitative estimate of drug-likeness (QED) is 0.475. The van der Waals surface area contributed by atoms with Crippen molar-refractivity contribution in [3.63, 3.8) is 0 Å². The zero-order valence-electron chi connectivity index (χ0n) is 7.83. The summed E-state index contributed by atoms with van der Waals surface area (Å²) in [5.41, 5.74) is 0.950. The molecule has 1 aromatic carbocycles. The highest BCUT2D eigenvalue weighted by Crippen LogP contribution is 2.26. The van der Waals surface area contributed by atoms with E-state index in [1.54, 1.807) is 6.20 Å². The Kier molecular flexibility index (Phi) is 4.12. The molecule has 16 heavy (non-hydrogen) atoms. The molecule has 1 heterocycles. The second kappa shape index (κ2) is 4.99. The number of aromatic hydroxyl groups is 1. The zero-order valence-corrected chi connectivity index (χ0v) is 10.3. The van der Waals surface area contributed by atoms with Crippen molar-refractivity contribution in [1.82, 2.24) is 4.98 Å². The van der Waals surface area contributed by atoms with Gasteiger partial charge in [0.25, 0.3) is 0 Å². The number of hydrogen-bond acceptors (Lipinski definition) is 2. The van der Waals surface area contributed by atoms with Gasteiger partial charge >= 0.3 is 7.82 Å². The summed E-state index contributed by atoms with van der Waals surface area (Å²) in [6.07, 6.45) is 1.58. The van der Waals surface area contributed by atoms with Crippen molar-refractivity contribution in [3.05, 3.63) is 28.9 Å². The van der Waals surface area contributed by atoms with Gasteiger partial charge in [-0.3, -0.25) is 0 Å². The maximum atomic E-state index is 9.28. The molecule has 0 fully saturated rings. The first-order valence-corrected chi connectivity index (χ1v) is 6.37. The number of fused-ring (bicyclic) bond motifs is 1. The molecular formula is C8H9BrNO5P. The Morgan fingerprint density at radius 2 is 1.81 bits per heavy atom. The van der Waals surface area contributed by atoms with E-state index in [1.165, 1.54) is 0 Å². The molecule has 1 aromatic heterocycles. The highest BCUT2D eigenvalue weighted by atomic mass is 79.9. The van der Waals surface area contributed by atoms with Crippen LogP contribution in [0.4, 0.5) is 0 Å². The molecule has 88 valence electrons. The number of hydrogen-bond donors (Lipinski definition) is 5. The average molecular weight is 310 g/mol. The van der Waals surface area contributed by atoms with Crippen LogP contribution >= 0.6 is 23.8 Å². The number of nitrogens with one attached hydrogen (secondary N) is 1. The number of aromatic amines is 1. The lowest BCUT2D eigenvalue weighted by Gasteiger charge is -1.90. The molecule has 0 radical (unpaired) electrons. The van der Waals surface area contributed by atoms with Gasteiger partial charge in [0.15, 0.2) is 0 Å². The third kappa shape index (κ3) is 4.34. The zero-order chi connectivity index (χ0) is 12.3. The second-order valence-electron chi connectivity index (χ2n) is 2.88. The van der Waals surface area contributed by atoms with Crippen LogP contribution in [0.2, 0.25) is 0 Å². The summed E-state index contributed by atoms with van der Waals surface area (Å²) in [6, 6.07) is 5.72. The van der Waals surface area contributed by atoms with E-state index in [1.807, 2.05) is 18.2 Å². The Labute approximate surface area is 98.9 Å². The molecule has 0 aliphatic rings. The molecule has 5 N–H and O–H groups in total. The SMILES string of the molecule is O=P(O)(O)O.Oc1c[nH]c2ccc(Br)cc12. The van der Waals surface area contributed by atoms with Crippen molar-refractivity contribution in [1.29, 1.82) is 0 Å². The summed E-state index contributed by atoms with van der Waals surface area (Å²) in [5.74, 6) is 0.293. The first-order chi connectivity index (χ1) is 7.27. The third-order valence-corrected chi connectivity index (χ3v) is 2.12. The van der Waals surface area contributed by atoms with Gasteiger partial charge in [0.2, 0.25) is 0 Å². The van der Waals surface area contributed by atoms with Gasteiger partial charge in [0.1, 0.15) is 5.75 Å². The Hall–Kier alpha value is -0.850. The molecule has 0 unspecified atom stereocenters. The minimum absolute atomic E-state index is 0.293. The van der Waals surface area contributed by atoms with Gasteiger partial charge in [0.05, 0.1) is 0 Å². The van der Waals surface area contributed by atoms with E-state index in [4.69, 9.17) is 19.2 Å². The summed E-state index contributed by atoms with van der Waals surface area (Å²) in [4.78, 5) is 24.5. The van der Waals surface area contributed by atoms with Crippen molar-refractivity contribution >= 4 is 34.7 Å². The van der Waals surface area contributed by atoms with E-state index in [-0.39, 0.29) is 0 Å². The Balaban J connectivity index is 0.000000221. The minimum Gasteiger partial charge on any atom is -0.506 e. The molecule has 0 saturated carbocycles. The second-order valence-corrected chi connectivity index (χ2v) is 4.82. The number of benzene rings is 1. The largest absolute Gasteiger partial charge is 0.506 e. The fourth-order valence-corrected chi connectivity index (χ4v) is 1.44. The number of aromatic nitrogens is 1. The van der Waals surface area contributed by atoms with Crippen molar-refractivity contribution in [2.75, 3.05) is 0 Å². The maximum Gasteiger partial charge on any atom is 0.466 e. The van der Waals surface area contributed by atoms with Gasteiger partial charge < -0.3 is 24.8 Å². The van der Waals surface area contributed by atoms with Gasteiger partial charge in [-0.25, -0.2) is 4.57 Å². The van der Waals surface area contributed by atoms with E-state index in [0.29, 0.717) is 5.75 Å². The molecular weight excluding hydrogens is 301 g/mol. The van der Waals surface area contributed by atoms with E-state index < -0.39 is 7.82 Å². The van der Waals surface area contributed by atoms with Crippen LogP contribution in [-0.4, -0.2) is 24.8 Å². The highest BCUT2D eigenvalue weighted by molar-refractivity contribution is 9.10. The predicted octanol–water partition coefficient (Wildman–Crippen LogP) is 1.71. The fourth-order valence-electron chi connectivity index (χ4n) is 1.08. The molecule has 2 rings (SSSR count). The van der Waals surface area contributed by atoms with Crippen molar-refractivity contribution in [2.45, 2.75) is 0 Å². The lowest BCUT2D eigenvalue weighted by atomic mass is 10.2. The third-order valence-electron chi connectivity index (χ3n) is 1.62. The van der Waals surface area contributed by atoms with Crippen LogP contribution < -0.4 is 0 Å². The van der Waals surface area contributed by atoms with E-state index in [9.17, 15) is 5.11 Å². The summed E-state index contributed by atoms with van der Waals surface area (Å²) >= 11 is 3.33. The average Bonchev–Trinajstić information content (AvgIpc) is 2.45. The van der Waals surface area contributed by atoms with Crippen molar-refractivity contribution in [2.24, 2.45) is 0 Å². The van der Waals surface area contributed by atoms with E-state index in [0.717, 1.165) is 15.4 Å². The molecule has 8 heteroatoms. The topological polar surface area (TPSA) is 114 Å². The van der Waals surface area contributed by atoms with Gasteiger partial charge in [-0.05, 0) is 18.2 Å². The molecule has 2 aromatic rings. The normalized spacial score (nSPS) is 11.0. The highest BCUT2D eigenvalue weighted by Gasteiger charge is 2.00. The van der Waals surface area contributed by atoms with E-state index in [2.05, 4.69) is 20.9 Å². The van der Waals surface area contributed by atoms with Crippen LogP contribution in [0.1, 0.15) is 0 Å². The van der Waals surface area contributed by atoms with Crippen LogP contribution in [-0.2, 0) is 4.57 Å². The van der Waals surface area contributed by atoms with Crippen LogP contribution in [0, 0.1) is 0 Å². The van der Waals surface area contributed by atoms with Crippen LogP contribution in [0.3, 0.4) is 0 Å². The smallest absolute Gasteiger partial charge is 0.466 e. The van der Waals surface area contributed by atoms with Crippen LogP contribution in [0.5, 0.6) is 5.75 Å². The number of H-pyrrole nitrogens is 1. The maximum absolute atomic E-state index is 9.28. The first-order valence-electron chi connectivity index (χ1n) is 4.01. The molecule has 0 aliphatic heterocycles. The number of rotatable bonds is 0. The lowest BCUT2D eigenvalue weighted by molar-refractivity contribution is 0.275. The first kappa shape index (κ1) is 13.2. The monoisotopic (exact) mass is 309 g/mol. The Morgan fingerprint density at radius 1 is 1.25 bits per heavy atom. The fraction of sp³-hybridized carbons (Fsp3) is 0. The summed E-state index contributed by atoms with van der Waals surface area (Å²) < 4.78 is 9.85. The van der Waals surface area contributed by atoms with Gasteiger partial charge in [-0.15, -0.1) is 0 Å². The van der Waals surface area contributed by atoms with Gasteiger partial charge in [-0.1, -0.05) is 15.9 Å². The molecule has 0 spiro atoms. The molecule has 0 saturated heterocycles. The van der Waals surface area contributed by atoms with Gasteiger partial charge in [0, 0.05) is 21.6 Å². The molecule has 0 bridgehead atoms. The summed E-state index contributed by atoms with van der Waals surface area (Å²) in [7, 11) is -4.64. The molecule has 0 aliphatic carbocycles. The number of phosphoric acid groups is 1. The number of halogens is 1. The summed E-state index contributed by atoms with van der Waals surface area (Å²) in [6.45, 7) is 0. The standard InChI is InChI=1S/C8H6BrNO.H3O4P/c9-5-1-2-7-6(3-5)8(11)4-10-7;1-5(2,3)4/h1-4,10-11H;(H3,1,2,3,4). The van der Waals surface area contributed by atoms with Crippen molar-refractivity contribution < 1.29 is 24.4 Å². The molecule has 0 atom stereocenters. The Morgan fingerprint density at radius 3 is 2.38 bits per heavy atom. The van der Waals surface area contributed by atoms with Crippen LogP contribution in [0.15, 0.2) is 28.9 Å². The Bertz CT molecular complexity index is 526. The van der Waals surface area contributed by atoms with Gasteiger partial charge in [-0.2, -0.15) is 0 Å². The minimum atomic E-state index is -4.64. The molecule has 0 amide bonds. The molecule has 6 nitrogen and oxygen atoms in total. The lowest BCUT2D eigenvalue weighted by Crippen LogP contribution is -1.66. The van der Waals surface area contributed by atoms with Crippen molar-refractivity contribution in [3.8, 4) is 5.75 Å².